The Kier molecular flexibility index (Phi) is 4.58. The summed E-state index contributed by atoms with van der Waals surface area (Å²) in [5, 5.41) is 4.37. The summed E-state index contributed by atoms with van der Waals surface area (Å²) >= 11 is 0. The molecule has 1 atom stereocenters. The van der Waals surface area contributed by atoms with Gasteiger partial charge in [0.1, 0.15) is 5.69 Å². The van der Waals surface area contributed by atoms with Crippen LogP contribution in [0.2, 0.25) is 0 Å². The molecule has 1 amide bonds. The number of carbonyl (C=O) groups is 1. The summed E-state index contributed by atoms with van der Waals surface area (Å²) in [5.41, 5.74) is 6.20. The first-order chi connectivity index (χ1) is 9.13. The Morgan fingerprint density at radius 1 is 1.53 bits per heavy atom. The Labute approximate surface area is 114 Å². The molecule has 1 aliphatic rings. The van der Waals surface area contributed by atoms with Gasteiger partial charge < -0.3 is 10.6 Å². The fourth-order valence-corrected chi connectivity index (χ4v) is 2.65. The summed E-state index contributed by atoms with van der Waals surface area (Å²) in [6.45, 7) is 5.58. The van der Waals surface area contributed by atoms with Crippen molar-refractivity contribution < 1.29 is 4.79 Å². The minimum Gasteiger partial charge on any atom is -0.334 e. The molecule has 0 spiro atoms. The smallest absolute Gasteiger partial charge is 0.274 e. The SMILES string of the molecule is CC(C)n1ccc(C(=O)N2CCCCC2CCN)n1. The summed E-state index contributed by atoms with van der Waals surface area (Å²) in [6, 6.07) is 2.38. The molecular formula is C14H24N4O. The van der Waals surface area contributed by atoms with Crippen LogP contribution in [0.5, 0.6) is 0 Å². The second-order valence-electron chi connectivity index (χ2n) is 5.50. The monoisotopic (exact) mass is 264 g/mol. The number of rotatable bonds is 4. The van der Waals surface area contributed by atoms with E-state index in [9.17, 15) is 4.79 Å². The van der Waals surface area contributed by atoms with Crippen molar-refractivity contribution in [2.45, 2.75) is 51.6 Å². The van der Waals surface area contributed by atoms with E-state index < -0.39 is 0 Å². The second kappa shape index (κ2) is 6.19. The summed E-state index contributed by atoms with van der Waals surface area (Å²) in [5.74, 6) is 0.0533. The van der Waals surface area contributed by atoms with E-state index in [4.69, 9.17) is 5.73 Å². The molecule has 1 fully saturated rings. The lowest BCUT2D eigenvalue weighted by Crippen LogP contribution is -2.44. The minimum absolute atomic E-state index is 0.0533. The number of likely N-dealkylation sites (tertiary alicyclic amines) is 1. The molecule has 106 valence electrons. The molecule has 2 rings (SSSR count). The highest BCUT2D eigenvalue weighted by Gasteiger charge is 2.28. The highest BCUT2D eigenvalue weighted by Crippen LogP contribution is 2.21. The van der Waals surface area contributed by atoms with Gasteiger partial charge in [-0.1, -0.05) is 0 Å². The predicted octanol–water partition coefficient (Wildman–Crippen LogP) is 1.81. The van der Waals surface area contributed by atoms with E-state index >= 15 is 0 Å². The van der Waals surface area contributed by atoms with Crippen LogP contribution in [-0.2, 0) is 0 Å². The third kappa shape index (κ3) is 3.15. The van der Waals surface area contributed by atoms with Crippen molar-refractivity contribution in [2.24, 2.45) is 5.73 Å². The summed E-state index contributed by atoms with van der Waals surface area (Å²) < 4.78 is 1.83. The maximum atomic E-state index is 12.5. The molecule has 5 nitrogen and oxygen atoms in total. The molecule has 19 heavy (non-hydrogen) atoms. The van der Waals surface area contributed by atoms with Crippen LogP contribution in [0.15, 0.2) is 12.3 Å². The molecule has 1 aliphatic heterocycles. The zero-order chi connectivity index (χ0) is 13.8. The lowest BCUT2D eigenvalue weighted by atomic mass is 9.99. The van der Waals surface area contributed by atoms with E-state index in [-0.39, 0.29) is 18.0 Å². The zero-order valence-electron chi connectivity index (χ0n) is 11.9. The molecular weight excluding hydrogens is 240 g/mol. The summed E-state index contributed by atoms with van der Waals surface area (Å²) in [7, 11) is 0. The zero-order valence-corrected chi connectivity index (χ0v) is 11.9. The van der Waals surface area contributed by atoms with Gasteiger partial charge in [-0.3, -0.25) is 9.48 Å². The Morgan fingerprint density at radius 3 is 2.95 bits per heavy atom. The second-order valence-corrected chi connectivity index (χ2v) is 5.50. The number of piperidine rings is 1. The van der Waals surface area contributed by atoms with Crippen LogP contribution >= 0.6 is 0 Å². The van der Waals surface area contributed by atoms with Gasteiger partial charge in [0.2, 0.25) is 0 Å². The van der Waals surface area contributed by atoms with E-state index in [2.05, 4.69) is 18.9 Å². The van der Waals surface area contributed by atoms with Crippen LogP contribution in [0, 0.1) is 0 Å². The fraction of sp³-hybridized carbons (Fsp3) is 0.714. The van der Waals surface area contributed by atoms with Gasteiger partial charge in [-0.15, -0.1) is 0 Å². The van der Waals surface area contributed by atoms with Gasteiger partial charge in [-0.05, 0) is 52.1 Å². The van der Waals surface area contributed by atoms with Crippen LogP contribution in [0.4, 0.5) is 0 Å². The average molecular weight is 264 g/mol. The van der Waals surface area contributed by atoms with E-state index in [1.165, 1.54) is 6.42 Å². The maximum Gasteiger partial charge on any atom is 0.274 e. The van der Waals surface area contributed by atoms with Crippen molar-refractivity contribution in [3.63, 3.8) is 0 Å². The van der Waals surface area contributed by atoms with E-state index in [1.54, 1.807) is 0 Å². The van der Waals surface area contributed by atoms with Gasteiger partial charge in [0.25, 0.3) is 5.91 Å². The number of aromatic nitrogens is 2. The molecule has 2 N–H and O–H groups in total. The number of carbonyl (C=O) groups excluding carboxylic acids is 1. The number of nitrogens with two attached hydrogens (primary N) is 1. The van der Waals surface area contributed by atoms with Crippen LogP contribution in [0.3, 0.4) is 0 Å². The number of amides is 1. The van der Waals surface area contributed by atoms with Gasteiger partial charge in [-0.25, -0.2) is 0 Å². The Balaban J connectivity index is 2.11. The van der Waals surface area contributed by atoms with Gasteiger partial charge in [-0.2, -0.15) is 5.10 Å². The van der Waals surface area contributed by atoms with Gasteiger partial charge in [0, 0.05) is 24.8 Å². The molecule has 0 radical (unpaired) electrons. The Bertz CT molecular complexity index is 425. The molecule has 1 saturated heterocycles. The van der Waals surface area contributed by atoms with Crippen molar-refractivity contribution in [1.29, 1.82) is 0 Å². The molecule has 1 aromatic heterocycles. The predicted molar refractivity (Wildman–Crippen MR) is 75.0 cm³/mol. The first kappa shape index (κ1) is 14.1. The third-order valence-electron chi connectivity index (χ3n) is 3.74. The van der Waals surface area contributed by atoms with Crippen LogP contribution in [0.25, 0.3) is 0 Å². The standard InChI is InChI=1S/C14H24N4O/c1-11(2)18-10-7-13(16-18)14(19)17-9-4-3-5-12(17)6-8-15/h7,10-12H,3-6,8-9,15H2,1-2H3. The largest absolute Gasteiger partial charge is 0.334 e. The molecule has 0 saturated carbocycles. The van der Waals surface area contributed by atoms with Crippen molar-refractivity contribution in [2.75, 3.05) is 13.1 Å². The van der Waals surface area contributed by atoms with Crippen molar-refractivity contribution in [3.05, 3.63) is 18.0 Å². The normalized spacial score (nSPS) is 20.0. The maximum absolute atomic E-state index is 12.5. The lowest BCUT2D eigenvalue weighted by molar-refractivity contribution is 0.0598. The highest BCUT2D eigenvalue weighted by atomic mass is 16.2. The Hall–Kier alpha value is -1.36. The summed E-state index contributed by atoms with van der Waals surface area (Å²) in [4.78, 5) is 14.5. The molecule has 0 bridgehead atoms. The number of hydrogen-bond donors (Lipinski definition) is 1. The van der Waals surface area contributed by atoms with Crippen LogP contribution in [0.1, 0.15) is 56.1 Å². The van der Waals surface area contributed by atoms with E-state index in [1.807, 2.05) is 21.8 Å². The van der Waals surface area contributed by atoms with E-state index in [0.717, 1.165) is 25.8 Å². The molecule has 0 aliphatic carbocycles. The lowest BCUT2D eigenvalue weighted by Gasteiger charge is -2.35. The third-order valence-corrected chi connectivity index (χ3v) is 3.74. The van der Waals surface area contributed by atoms with Crippen LogP contribution < -0.4 is 5.73 Å². The molecule has 1 aromatic rings. The highest BCUT2D eigenvalue weighted by molar-refractivity contribution is 5.92. The number of nitrogens with zero attached hydrogens (tertiary/aromatic N) is 3. The first-order valence-corrected chi connectivity index (χ1v) is 7.19. The van der Waals surface area contributed by atoms with Crippen molar-refractivity contribution >= 4 is 5.91 Å². The van der Waals surface area contributed by atoms with Gasteiger partial charge in [0.15, 0.2) is 0 Å². The van der Waals surface area contributed by atoms with Crippen LogP contribution in [-0.4, -0.2) is 39.7 Å². The topological polar surface area (TPSA) is 64.2 Å². The van der Waals surface area contributed by atoms with Crippen molar-refractivity contribution in [3.8, 4) is 0 Å². The molecule has 2 heterocycles. The first-order valence-electron chi connectivity index (χ1n) is 7.19. The van der Waals surface area contributed by atoms with E-state index in [0.29, 0.717) is 12.2 Å². The minimum atomic E-state index is 0.0533. The molecule has 5 heteroatoms. The quantitative estimate of drug-likeness (QED) is 0.902. The average Bonchev–Trinajstić information content (AvgIpc) is 2.89. The molecule has 1 unspecified atom stereocenters. The van der Waals surface area contributed by atoms with Crippen molar-refractivity contribution in [1.82, 2.24) is 14.7 Å². The van der Waals surface area contributed by atoms with Gasteiger partial charge in [0.05, 0.1) is 0 Å². The summed E-state index contributed by atoms with van der Waals surface area (Å²) in [6.07, 6.45) is 6.09. The fourth-order valence-electron chi connectivity index (χ4n) is 2.65. The molecule has 0 aromatic carbocycles. The van der Waals surface area contributed by atoms with Gasteiger partial charge >= 0.3 is 0 Å². The number of hydrogen-bond acceptors (Lipinski definition) is 3. The Morgan fingerprint density at radius 2 is 2.32 bits per heavy atom.